The van der Waals surface area contributed by atoms with Crippen LogP contribution in [0.15, 0.2) is 64.1 Å². The number of rotatable bonds is 2. The minimum absolute atomic E-state index is 0.691. The Morgan fingerprint density at radius 1 is 0.909 bits per heavy atom. The van der Waals surface area contributed by atoms with E-state index in [9.17, 15) is 0 Å². The number of nitrogens with zero attached hydrogens (tertiary/aromatic N) is 4. The van der Waals surface area contributed by atoms with Crippen LogP contribution in [0.2, 0.25) is 0 Å². The Labute approximate surface area is 134 Å². The van der Waals surface area contributed by atoms with E-state index in [-0.39, 0.29) is 0 Å². The van der Waals surface area contributed by atoms with Gasteiger partial charge in [0, 0.05) is 28.0 Å². The summed E-state index contributed by atoms with van der Waals surface area (Å²) in [7, 11) is 0. The molecule has 4 aromatic rings. The molecule has 6 heteroatoms. The first-order chi connectivity index (χ1) is 10.8. The molecule has 5 nitrogen and oxygen atoms in total. The number of benzene rings is 1. The van der Waals surface area contributed by atoms with Gasteiger partial charge in [0.1, 0.15) is 23.2 Å². The van der Waals surface area contributed by atoms with Crippen LogP contribution >= 0.6 is 15.9 Å². The van der Waals surface area contributed by atoms with Crippen molar-refractivity contribution in [3.05, 3.63) is 59.5 Å². The zero-order chi connectivity index (χ0) is 14.9. The lowest BCUT2D eigenvalue weighted by atomic mass is 10.1. The average molecular weight is 353 g/mol. The van der Waals surface area contributed by atoms with Crippen LogP contribution in [0, 0.1) is 0 Å². The molecular formula is C16H9BrN4O. The highest BCUT2D eigenvalue weighted by Gasteiger charge is 2.15. The summed E-state index contributed by atoms with van der Waals surface area (Å²) >= 11 is 3.43. The van der Waals surface area contributed by atoms with E-state index in [1.54, 1.807) is 18.7 Å². The molecule has 0 atom stereocenters. The standard InChI is InChI=1S/C16H9BrN4O/c17-12-5-3-10(4-6-12)15-16-13(9-22-21-16)14(19-20-15)11-2-1-7-18-8-11/h1-9H. The molecular weight excluding hydrogens is 344 g/mol. The molecule has 106 valence electrons. The summed E-state index contributed by atoms with van der Waals surface area (Å²) in [6.45, 7) is 0. The number of fused-ring (bicyclic) bond motifs is 1. The second kappa shape index (κ2) is 5.31. The molecule has 4 rings (SSSR count). The van der Waals surface area contributed by atoms with E-state index < -0.39 is 0 Å². The molecule has 1 aromatic carbocycles. The maximum Gasteiger partial charge on any atom is 0.144 e. The lowest BCUT2D eigenvalue weighted by Crippen LogP contribution is -1.94. The third kappa shape index (κ3) is 2.17. The summed E-state index contributed by atoms with van der Waals surface area (Å²) in [4.78, 5) is 4.12. The molecule has 0 aliphatic rings. The first kappa shape index (κ1) is 13.1. The van der Waals surface area contributed by atoms with Gasteiger partial charge in [0.2, 0.25) is 0 Å². The Kier molecular flexibility index (Phi) is 3.16. The molecule has 0 aliphatic carbocycles. The van der Waals surface area contributed by atoms with Crippen LogP contribution in [0.1, 0.15) is 0 Å². The number of pyridine rings is 1. The minimum Gasteiger partial charge on any atom is -0.363 e. The lowest BCUT2D eigenvalue weighted by molar-refractivity contribution is 0.428. The minimum atomic E-state index is 0.691. The van der Waals surface area contributed by atoms with E-state index >= 15 is 0 Å². The fraction of sp³-hybridized carbons (Fsp3) is 0. The second-order valence-electron chi connectivity index (χ2n) is 4.72. The van der Waals surface area contributed by atoms with Crippen molar-refractivity contribution in [2.24, 2.45) is 0 Å². The van der Waals surface area contributed by atoms with E-state index in [1.165, 1.54) is 0 Å². The van der Waals surface area contributed by atoms with Crippen LogP contribution in [0.25, 0.3) is 33.4 Å². The van der Waals surface area contributed by atoms with Crippen molar-refractivity contribution >= 4 is 26.8 Å². The van der Waals surface area contributed by atoms with Gasteiger partial charge >= 0.3 is 0 Å². The summed E-state index contributed by atoms with van der Waals surface area (Å²) in [6.07, 6.45) is 5.06. The Balaban J connectivity index is 1.93. The van der Waals surface area contributed by atoms with Crippen molar-refractivity contribution < 1.29 is 4.52 Å². The van der Waals surface area contributed by atoms with Crippen LogP contribution in [0.4, 0.5) is 0 Å². The fourth-order valence-electron chi connectivity index (χ4n) is 2.30. The number of aromatic nitrogens is 4. The van der Waals surface area contributed by atoms with E-state index in [0.29, 0.717) is 16.9 Å². The average Bonchev–Trinajstić information content (AvgIpc) is 3.05. The maximum absolute atomic E-state index is 5.15. The van der Waals surface area contributed by atoms with Gasteiger partial charge in [-0.05, 0) is 24.3 Å². The van der Waals surface area contributed by atoms with Crippen molar-refractivity contribution in [1.82, 2.24) is 20.3 Å². The van der Waals surface area contributed by atoms with Crippen LogP contribution in [-0.4, -0.2) is 20.3 Å². The summed E-state index contributed by atoms with van der Waals surface area (Å²) in [5, 5.41) is 13.6. The van der Waals surface area contributed by atoms with Crippen molar-refractivity contribution in [2.75, 3.05) is 0 Å². The fourth-order valence-corrected chi connectivity index (χ4v) is 2.56. The molecule has 0 unspecified atom stereocenters. The zero-order valence-corrected chi connectivity index (χ0v) is 12.9. The summed E-state index contributed by atoms with van der Waals surface area (Å²) in [5.41, 5.74) is 3.92. The van der Waals surface area contributed by atoms with Crippen molar-refractivity contribution in [2.45, 2.75) is 0 Å². The van der Waals surface area contributed by atoms with Crippen molar-refractivity contribution in [3.63, 3.8) is 0 Å². The Bertz CT molecular complexity index is 935. The van der Waals surface area contributed by atoms with Gasteiger partial charge in [0.05, 0.1) is 5.39 Å². The largest absolute Gasteiger partial charge is 0.363 e. The van der Waals surface area contributed by atoms with Crippen LogP contribution in [-0.2, 0) is 0 Å². The summed E-state index contributed by atoms with van der Waals surface area (Å²) < 4.78 is 6.16. The molecule has 0 aliphatic heterocycles. The molecule has 3 heterocycles. The van der Waals surface area contributed by atoms with E-state index in [0.717, 1.165) is 21.0 Å². The van der Waals surface area contributed by atoms with E-state index in [4.69, 9.17) is 4.52 Å². The molecule has 0 N–H and O–H groups in total. The molecule has 0 amide bonds. The van der Waals surface area contributed by atoms with Crippen molar-refractivity contribution in [1.29, 1.82) is 0 Å². The predicted octanol–water partition coefficient (Wildman–Crippen LogP) is 4.11. The molecule has 3 aromatic heterocycles. The zero-order valence-electron chi connectivity index (χ0n) is 11.3. The number of halogens is 1. The molecule has 0 fully saturated rings. The van der Waals surface area contributed by atoms with Gasteiger partial charge in [-0.2, -0.15) is 0 Å². The number of hydrogen-bond acceptors (Lipinski definition) is 5. The maximum atomic E-state index is 5.15. The SMILES string of the molecule is Brc1ccc(-c2nnc(-c3cccnc3)c3conc23)cc1. The Morgan fingerprint density at radius 3 is 2.50 bits per heavy atom. The van der Waals surface area contributed by atoms with Gasteiger partial charge in [0.15, 0.2) is 0 Å². The van der Waals surface area contributed by atoms with Gasteiger partial charge in [-0.25, -0.2) is 0 Å². The molecule has 0 radical (unpaired) electrons. The first-order valence-electron chi connectivity index (χ1n) is 6.60. The molecule has 0 bridgehead atoms. The van der Waals surface area contributed by atoms with E-state index in [1.807, 2.05) is 36.4 Å². The molecule has 0 saturated carbocycles. The smallest absolute Gasteiger partial charge is 0.144 e. The third-order valence-electron chi connectivity index (χ3n) is 3.35. The van der Waals surface area contributed by atoms with Crippen molar-refractivity contribution in [3.8, 4) is 22.5 Å². The van der Waals surface area contributed by atoms with E-state index in [2.05, 4.69) is 36.3 Å². The van der Waals surface area contributed by atoms with Gasteiger partial charge < -0.3 is 4.52 Å². The highest BCUT2D eigenvalue weighted by atomic mass is 79.9. The first-order valence-corrected chi connectivity index (χ1v) is 7.39. The molecule has 22 heavy (non-hydrogen) atoms. The molecule has 0 saturated heterocycles. The highest BCUT2D eigenvalue weighted by molar-refractivity contribution is 9.10. The van der Waals surface area contributed by atoms with Gasteiger partial charge in [-0.3, -0.25) is 4.98 Å². The topological polar surface area (TPSA) is 64.7 Å². The predicted molar refractivity (Wildman–Crippen MR) is 86.0 cm³/mol. The monoisotopic (exact) mass is 352 g/mol. The van der Waals surface area contributed by atoms with Crippen LogP contribution < -0.4 is 0 Å². The Hall–Kier alpha value is -2.60. The Morgan fingerprint density at radius 2 is 1.73 bits per heavy atom. The quantitative estimate of drug-likeness (QED) is 0.543. The van der Waals surface area contributed by atoms with Gasteiger partial charge in [-0.1, -0.05) is 33.2 Å². The second-order valence-corrected chi connectivity index (χ2v) is 5.64. The summed E-state index contributed by atoms with van der Waals surface area (Å²) in [5.74, 6) is 0. The van der Waals surface area contributed by atoms with Gasteiger partial charge in [0.25, 0.3) is 0 Å². The third-order valence-corrected chi connectivity index (χ3v) is 3.88. The lowest BCUT2D eigenvalue weighted by Gasteiger charge is -2.04. The van der Waals surface area contributed by atoms with Gasteiger partial charge in [-0.15, -0.1) is 10.2 Å². The highest BCUT2D eigenvalue weighted by Crippen LogP contribution is 2.31. The normalized spacial score (nSPS) is 11.0. The number of hydrogen-bond donors (Lipinski definition) is 0. The van der Waals surface area contributed by atoms with Crippen LogP contribution in [0.3, 0.4) is 0 Å². The summed E-state index contributed by atoms with van der Waals surface area (Å²) in [6, 6.07) is 11.6. The van der Waals surface area contributed by atoms with Crippen LogP contribution in [0.5, 0.6) is 0 Å². The molecule has 0 spiro atoms.